The molecular weight excluding hydrogens is 368 g/mol. The third-order valence-corrected chi connectivity index (χ3v) is 4.92. The first kappa shape index (κ1) is 19.0. The number of nitrogens with one attached hydrogen (secondary N) is 1. The summed E-state index contributed by atoms with van der Waals surface area (Å²) in [6.45, 7) is 4.96. The van der Waals surface area contributed by atoms with Gasteiger partial charge in [-0.1, -0.05) is 12.1 Å². The van der Waals surface area contributed by atoms with Crippen LogP contribution in [-0.2, 0) is 4.74 Å². The highest BCUT2D eigenvalue weighted by molar-refractivity contribution is 5.87. The summed E-state index contributed by atoms with van der Waals surface area (Å²) in [6, 6.07) is 11.3. The molecule has 2 aromatic carbocycles. The average molecular weight is 390 g/mol. The lowest BCUT2D eigenvalue weighted by Crippen LogP contribution is -2.06. The summed E-state index contributed by atoms with van der Waals surface area (Å²) in [5.41, 5.74) is 5.23. The zero-order valence-corrected chi connectivity index (χ0v) is 16.6. The normalized spacial score (nSPS) is 11.1. The van der Waals surface area contributed by atoms with E-state index in [1.54, 1.807) is 19.4 Å². The molecule has 0 saturated heterocycles. The molecule has 4 rings (SSSR count). The van der Waals surface area contributed by atoms with Crippen LogP contribution in [0.3, 0.4) is 0 Å². The molecule has 0 fully saturated rings. The van der Waals surface area contributed by atoms with Gasteiger partial charge in [-0.15, -0.1) is 0 Å². The number of oxazole rings is 1. The predicted octanol–water partition coefficient (Wildman–Crippen LogP) is 4.49. The molecule has 0 saturated carbocycles. The molecule has 0 aliphatic heterocycles. The largest absolute Gasteiger partial charge is 0.491 e. The van der Waals surface area contributed by atoms with Crippen molar-refractivity contribution in [2.24, 2.45) is 0 Å². The fraction of sp³-hybridized carbons (Fsp3) is 0.217. The van der Waals surface area contributed by atoms with Gasteiger partial charge in [0.05, 0.1) is 18.3 Å². The minimum atomic E-state index is -0.0584. The minimum absolute atomic E-state index is 0.0584. The van der Waals surface area contributed by atoms with Gasteiger partial charge < -0.3 is 18.9 Å². The molecule has 29 heavy (non-hydrogen) atoms. The van der Waals surface area contributed by atoms with Crippen molar-refractivity contribution >= 4 is 10.9 Å². The lowest BCUT2D eigenvalue weighted by atomic mass is 10.0. The van der Waals surface area contributed by atoms with Crippen LogP contribution in [0.4, 0.5) is 0 Å². The van der Waals surface area contributed by atoms with Crippen molar-refractivity contribution < 1.29 is 13.9 Å². The van der Waals surface area contributed by atoms with Crippen LogP contribution in [0.5, 0.6) is 5.75 Å². The predicted molar refractivity (Wildman–Crippen MR) is 112 cm³/mol. The molecule has 0 radical (unpaired) electrons. The number of hydrogen-bond donors (Lipinski definition) is 1. The number of H-pyrrole nitrogens is 1. The van der Waals surface area contributed by atoms with E-state index in [4.69, 9.17) is 13.9 Å². The highest BCUT2D eigenvalue weighted by atomic mass is 16.5. The number of aryl methyl sites for hydroxylation is 2. The summed E-state index contributed by atoms with van der Waals surface area (Å²) in [7, 11) is 1.64. The van der Waals surface area contributed by atoms with Crippen molar-refractivity contribution in [3.63, 3.8) is 0 Å². The molecular formula is C23H22N2O4. The van der Waals surface area contributed by atoms with Gasteiger partial charge >= 0.3 is 0 Å². The van der Waals surface area contributed by atoms with Crippen LogP contribution >= 0.6 is 0 Å². The number of pyridine rings is 1. The highest BCUT2D eigenvalue weighted by Gasteiger charge is 2.12. The van der Waals surface area contributed by atoms with Crippen molar-refractivity contribution in [3.8, 4) is 28.3 Å². The number of methoxy groups -OCH3 is 1. The van der Waals surface area contributed by atoms with E-state index in [1.165, 1.54) is 6.39 Å². The zero-order valence-electron chi connectivity index (χ0n) is 16.6. The number of aromatic amines is 1. The second-order valence-electron chi connectivity index (χ2n) is 6.95. The highest BCUT2D eigenvalue weighted by Crippen LogP contribution is 2.29. The van der Waals surface area contributed by atoms with Crippen LogP contribution in [0, 0.1) is 13.8 Å². The lowest BCUT2D eigenvalue weighted by Gasteiger charge is -2.12. The molecule has 0 bridgehead atoms. The van der Waals surface area contributed by atoms with E-state index >= 15 is 0 Å². The van der Waals surface area contributed by atoms with Crippen LogP contribution in [0.1, 0.15) is 11.1 Å². The number of benzene rings is 2. The summed E-state index contributed by atoms with van der Waals surface area (Å²) >= 11 is 0. The van der Waals surface area contributed by atoms with E-state index < -0.39 is 0 Å². The van der Waals surface area contributed by atoms with Gasteiger partial charge in [0.25, 0.3) is 0 Å². The molecule has 0 aliphatic rings. The Hall–Kier alpha value is -3.38. The maximum atomic E-state index is 12.9. The second-order valence-corrected chi connectivity index (χ2v) is 6.95. The van der Waals surface area contributed by atoms with Crippen LogP contribution in [0.15, 0.2) is 58.2 Å². The van der Waals surface area contributed by atoms with Crippen molar-refractivity contribution in [3.05, 3.63) is 70.3 Å². The molecule has 6 nitrogen and oxygen atoms in total. The topological polar surface area (TPSA) is 77.3 Å². The van der Waals surface area contributed by atoms with Gasteiger partial charge in [-0.3, -0.25) is 4.79 Å². The van der Waals surface area contributed by atoms with Crippen molar-refractivity contribution in [1.82, 2.24) is 9.97 Å². The molecule has 0 unspecified atom stereocenters. The van der Waals surface area contributed by atoms with Crippen LogP contribution < -0.4 is 10.2 Å². The molecule has 0 atom stereocenters. The first-order valence-electron chi connectivity index (χ1n) is 9.36. The fourth-order valence-electron chi connectivity index (χ4n) is 3.33. The number of nitrogens with zero attached hydrogens (tertiary/aromatic N) is 1. The van der Waals surface area contributed by atoms with Gasteiger partial charge in [-0.05, 0) is 43.2 Å². The number of rotatable bonds is 6. The molecule has 6 heteroatoms. The van der Waals surface area contributed by atoms with Crippen molar-refractivity contribution in [2.45, 2.75) is 13.8 Å². The Morgan fingerprint density at radius 1 is 1.07 bits per heavy atom. The van der Waals surface area contributed by atoms with Crippen molar-refractivity contribution in [2.75, 3.05) is 20.3 Å². The minimum Gasteiger partial charge on any atom is -0.491 e. The van der Waals surface area contributed by atoms with Gasteiger partial charge in [0.1, 0.15) is 12.4 Å². The van der Waals surface area contributed by atoms with E-state index in [-0.39, 0.29) is 5.43 Å². The zero-order chi connectivity index (χ0) is 20.4. The number of hydrogen-bond acceptors (Lipinski definition) is 5. The molecule has 2 aromatic heterocycles. The molecule has 148 valence electrons. The van der Waals surface area contributed by atoms with Gasteiger partial charge in [0.2, 0.25) is 0 Å². The third-order valence-electron chi connectivity index (χ3n) is 4.92. The molecule has 1 N–H and O–H groups in total. The Kier molecular flexibility index (Phi) is 5.18. The van der Waals surface area contributed by atoms with E-state index in [0.717, 1.165) is 39.2 Å². The van der Waals surface area contributed by atoms with E-state index in [9.17, 15) is 4.79 Å². The molecule has 0 aliphatic carbocycles. The van der Waals surface area contributed by atoms with E-state index in [0.29, 0.717) is 24.4 Å². The number of aromatic nitrogens is 2. The van der Waals surface area contributed by atoms with E-state index in [1.807, 2.05) is 44.2 Å². The van der Waals surface area contributed by atoms with E-state index in [2.05, 4.69) is 9.97 Å². The Morgan fingerprint density at radius 3 is 2.69 bits per heavy atom. The Bertz CT molecular complexity index is 1210. The summed E-state index contributed by atoms with van der Waals surface area (Å²) in [5.74, 6) is 1.42. The van der Waals surface area contributed by atoms with Gasteiger partial charge in [0, 0.05) is 35.4 Å². The Labute approximate surface area is 168 Å². The standard InChI is InChI=1S/C23H22N2O4/c1-14-4-5-16(9-22(14)28-7-6-27-3)19-11-21(26)18-10-17(23-12-24-13-29-23)15(2)8-20(18)25-19/h4-5,8-13H,6-7H2,1-3H3,(H,25,26). The van der Waals surface area contributed by atoms with Crippen molar-refractivity contribution in [1.29, 1.82) is 0 Å². The molecule has 4 aromatic rings. The maximum Gasteiger partial charge on any atom is 0.190 e. The van der Waals surface area contributed by atoms with Crippen LogP contribution in [0.2, 0.25) is 0 Å². The maximum absolute atomic E-state index is 12.9. The lowest BCUT2D eigenvalue weighted by molar-refractivity contribution is 0.146. The molecule has 0 amide bonds. The first-order valence-corrected chi connectivity index (χ1v) is 9.36. The number of ether oxygens (including phenoxy) is 2. The average Bonchev–Trinajstić information content (AvgIpc) is 3.23. The molecule has 0 spiro atoms. The summed E-state index contributed by atoms with van der Waals surface area (Å²) < 4.78 is 16.2. The second kappa shape index (κ2) is 7.93. The number of fused-ring (bicyclic) bond motifs is 1. The monoisotopic (exact) mass is 390 g/mol. The van der Waals surface area contributed by atoms with Gasteiger partial charge in [0.15, 0.2) is 17.6 Å². The Morgan fingerprint density at radius 2 is 1.93 bits per heavy atom. The fourth-order valence-corrected chi connectivity index (χ4v) is 3.33. The van der Waals surface area contributed by atoms with Gasteiger partial charge in [-0.2, -0.15) is 0 Å². The molecule has 2 heterocycles. The SMILES string of the molecule is COCCOc1cc(-c2cc(=O)c3cc(-c4cnco4)c(C)cc3[nH]2)ccc1C. The first-order chi connectivity index (χ1) is 14.1. The summed E-state index contributed by atoms with van der Waals surface area (Å²) in [6.07, 6.45) is 3.03. The summed E-state index contributed by atoms with van der Waals surface area (Å²) in [4.78, 5) is 20.2. The summed E-state index contributed by atoms with van der Waals surface area (Å²) in [5, 5.41) is 0.606. The smallest absolute Gasteiger partial charge is 0.190 e. The Balaban J connectivity index is 1.77. The van der Waals surface area contributed by atoms with Crippen LogP contribution in [0.25, 0.3) is 33.5 Å². The third kappa shape index (κ3) is 3.79. The quantitative estimate of drug-likeness (QED) is 0.491. The van der Waals surface area contributed by atoms with Gasteiger partial charge in [-0.25, -0.2) is 4.98 Å². The van der Waals surface area contributed by atoms with Crippen LogP contribution in [-0.4, -0.2) is 30.3 Å².